The number of alkyl halides is 3. The number of aromatic nitrogens is 4. The summed E-state index contributed by atoms with van der Waals surface area (Å²) in [4.78, 5) is 4.99. The van der Waals surface area contributed by atoms with E-state index in [-0.39, 0.29) is 10.9 Å². The number of nitrogens with two attached hydrogens (primary N) is 1. The lowest BCUT2D eigenvalue weighted by atomic mass is 10.4. The molecule has 6 nitrogen and oxygen atoms in total. The number of nitrogen functional groups attached to an aromatic ring is 1. The van der Waals surface area contributed by atoms with Gasteiger partial charge in [0.15, 0.2) is 5.76 Å². The number of halogens is 3. The fraction of sp³-hybridized carbons (Fsp3) is 0.182. The highest BCUT2D eigenvalue weighted by Gasteiger charge is 2.38. The third-order valence-corrected chi connectivity index (χ3v) is 4.37. The van der Waals surface area contributed by atoms with E-state index >= 15 is 0 Å². The van der Waals surface area contributed by atoms with Crippen molar-refractivity contribution >= 4 is 23.1 Å². The molecule has 3 heterocycles. The van der Waals surface area contributed by atoms with Gasteiger partial charge in [0.05, 0.1) is 16.8 Å². The third kappa shape index (κ3) is 2.95. The molecule has 3 rings (SSSR count). The Morgan fingerprint density at radius 3 is 2.82 bits per heavy atom. The van der Waals surface area contributed by atoms with Gasteiger partial charge in [0, 0.05) is 0 Å². The minimum atomic E-state index is -4.64. The summed E-state index contributed by atoms with van der Waals surface area (Å²) in [7, 11) is 0. The highest BCUT2D eigenvalue weighted by Crippen LogP contribution is 2.30. The van der Waals surface area contributed by atoms with Crippen molar-refractivity contribution in [3.05, 3.63) is 35.4 Å². The Hall–Kier alpha value is -2.01. The molecule has 3 aromatic heterocycles. The lowest BCUT2D eigenvalue weighted by molar-refractivity contribution is -0.146. The predicted octanol–water partition coefficient (Wildman–Crippen LogP) is 3.02. The van der Waals surface area contributed by atoms with Gasteiger partial charge < -0.3 is 10.3 Å². The summed E-state index contributed by atoms with van der Waals surface area (Å²) in [5.41, 5.74) is 0. The molecule has 0 saturated heterocycles. The van der Waals surface area contributed by atoms with Gasteiger partial charge in [0.1, 0.15) is 0 Å². The maximum atomic E-state index is 12.5. The van der Waals surface area contributed by atoms with Crippen LogP contribution in [0.25, 0.3) is 10.6 Å². The molecule has 116 valence electrons. The molecule has 0 unspecified atom stereocenters. The fourth-order valence-corrected chi connectivity index (χ4v) is 2.99. The van der Waals surface area contributed by atoms with Gasteiger partial charge in [-0.05, 0) is 11.4 Å². The molecule has 0 aliphatic carbocycles. The minimum Gasteiger partial charge on any atom is -0.439 e. The van der Waals surface area contributed by atoms with Crippen molar-refractivity contribution < 1.29 is 17.6 Å². The molecule has 0 bridgehead atoms. The van der Waals surface area contributed by atoms with Crippen LogP contribution in [0.2, 0.25) is 0 Å². The Bertz CT molecular complexity index is 765. The summed E-state index contributed by atoms with van der Waals surface area (Å²) in [5.74, 6) is 5.25. The Kier molecular flexibility index (Phi) is 3.83. The van der Waals surface area contributed by atoms with Crippen LogP contribution in [0.15, 0.2) is 33.3 Å². The average Bonchev–Trinajstić information content (AvgIpc) is 3.16. The van der Waals surface area contributed by atoms with Crippen molar-refractivity contribution in [1.29, 1.82) is 0 Å². The summed E-state index contributed by atoms with van der Waals surface area (Å²) >= 11 is 2.46. The second kappa shape index (κ2) is 5.65. The molecule has 0 amide bonds. The SMILES string of the molecule is Nn1c(SCc2ncc(-c3cccs3)o2)nnc1C(F)(F)F. The number of nitrogens with zero attached hydrogens (tertiary/aromatic N) is 4. The predicted molar refractivity (Wildman–Crippen MR) is 74.6 cm³/mol. The average molecular weight is 347 g/mol. The van der Waals surface area contributed by atoms with E-state index in [1.54, 1.807) is 6.20 Å². The highest BCUT2D eigenvalue weighted by molar-refractivity contribution is 7.98. The van der Waals surface area contributed by atoms with Crippen molar-refractivity contribution in [3.8, 4) is 10.6 Å². The van der Waals surface area contributed by atoms with Crippen LogP contribution in [0.5, 0.6) is 0 Å². The number of thioether (sulfide) groups is 1. The van der Waals surface area contributed by atoms with Gasteiger partial charge >= 0.3 is 6.18 Å². The number of hydrogen-bond acceptors (Lipinski definition) is 7. The summed E-state index contributed by atoms with van der Waals surface area (Å²) in [6.07, 6.45) is -3.08. The molecule has 3 aromatic rings. The highest BCUT2D eigenvalue weighted by atomic mass is 32.2. The van der Waals surface area contributed by atoms with E-state index in [0.29, 0.717) is 16.3 Å². The van der Waals surface area contributed by atoms with E-state index < -0.39 is 12.0 Å². The molecule has 0 atom stereocenters. The van der Waals surface area contributed by atoms with Gasteiger partial charge in [-0.15, -0.1) is 21.5 Å². The quantitative estimate of drug-likeness (QED) is 0.577. The number of thiophene rings is 1. The number of oxazole rings is 1. The van der Waals surface area contributed by atoms with Crippen LogP contribution in [0, 0.1) is 0 Å². The van der Waals surface area contributed by atoms with E-state index in [2.05, 4.69) is 15.2 Å². The molecule has 0 aromatic carbocycles. The van der Waals surface area contributed by atoms with E-state index in [1.807, 2.05) is 17.5 Å². The van der Waals surface area contributed by atoms with Gasteiger partial charge in [0.2, 0.25) is 11.0 Å². The maximum absolute atomic E-state index is 12.5. The largest absolute Gasteiger partial charge is 0.453 e. The van der Waals surface area contributed by atoms with E-state index in [4.69, 9.17) is 10.3 Å². The maximum Gasteiger partial charge on any atom is 0.453 e. The molecular weight excluding hydrogens is 339 g/mol. The second-order valence-electron chi connectivity index (χ2n) is 4.06. The van der Waals surface area contributed by atoms with Crippen molar-refractivity contribution in [2.75, 3.05) is 5.84 Å². The lowest BCUT2D eigenvalue weighted by Gasteiger charge is -2.05. The van der Waals surface area contributed by atoms with Crippen LogP contribution in [0.4, 0.5) is 13.2 Å². The van der Waals surface area contributed by atoms with Crippen LogP contribution in [0.1, 0.15) is 11.7 Å². The van der Waals surface area contributed by atoms with Crippen LogP contribution in [-0.2, 0) is 11.9 Å². The molecule has 11 heteroatoms. The standard InChI is InChI=1S/C11H8F3N5OS2/c12-11(13,14)9-17-18-10(19(9)15)22-5-8-16-4-6(20-8)7-2-1-3-21-7/h1-4H,5,15H2. The zero-order valence-corrected chi connectivity index (χ0v) is 12.4. The molecule has 0 aliphatic heterocycles. The fourth-order valence-electron chi connectivity index (χ4n) is 1.60. The summed E-state index contributed by atoms with van der Waals surface area (Å²) in [6, 6.07) is 3.76. The first-order chi connectivity index (χ1) is 10.4. The molecule has 22 heavy (non-hydrogen) atoms. The van der Waals surface area contributed by atoms with Crippen molar-refractivity contribution in [3.63, 3.8) is 0 Å². The van der Waals surface area contributed by atoms with Crippen LogP contribution >= 0.6 is 23.1 Å². The molecule has 0 radical (unpaired) electrons. The summed E-state index contributed by atoms with van der Waals surface area (Å²) in [6.45, 7) is 0. The zero-order valence-electron chi connectivity index (χ0n) is 10.7. The number of rotatable bonds is 4. The van der Waals surface area contributed by atoms with Crippen LogP contribution in [-0.4, -0.2) is 19.9 Å². The topological polar surface area (TPSA) is 82.8 Å². The van der Waals surface area contributed by atoms with E-state index in [0.717, 1.165) is 16.6 Å². The first-order valence-electron chi connectivity index (χ1n) is 5.84. The first-order valence-corrected chi connectivity index (χ1v) is 7.71. The van der Waals surface area contributed by atoms with Gasteiger partial charge in [-0.3, -0.25) is 0 Å². The molecule has 2 N–H and O–H groups in total. The molecule has 0 spiro atoms. The molecule has 0 saturated carbocycles. The lowest BCUT2D eigenvalue weighted by Crippen LogP contribution is -2.21. The minimum absolute atomic E-state index is 0.0665. The van der Waals surface area contributed by atoms with Gasteiger partial charge in [-0.2, -0.15) is 13.2 Å². The first kappa shape index (κ1) is 14.9. The molecule has 0 fully saturated rings. The Morgan fingerprint density at radius 1 is 1.36 bits per heavy atom. The zero-order chi connectivity index (χ0) is 15.7. The van der Waals surface area contributed by atoms with E-state index in [1.165, 1.54) is 11.3 Å². The van der Waals surface area contributed by atoms with Crippen LogP contribution in [0.3, 0.4) is 0 Å². The van der Waals surface area contributed by atoms with Gasteiger partial charge in [0.25, 0.3) is 5.82 Å². The van der Waals surface area contributed by atoms with Crippen molar-refractivity contribution in [2.45, 2.75) is 17.1 Å². The Morgan fingerprint density at radius 2 is 2.18 bits per heavy atom. The number of hydrogen-bond donors (Lipinski definition) is 1. The van der Waals surface area contributed by atoms with Gasteiger partial charge in [-0.25, -0.2) is 9.66 Å². The summed E-state index contributed by atoms with van der Waals surface area (Å²) in [5, 5.41) is 8.29. The monoisotopic (exact) mass is 347 g/mol. The normalized spacial score (nSPS) is 12.0. The Balaban J connectivity index is 1.70. The van der Waals surface area contributed by atoms with Crippen LogP contribution < -0.4 is 5.84 Å². The second-order valence-corrected chi connectivity index (χ2v) is 5.95. The third-order valence-electron chi connectivity index (χ3n) is 2.56. The smallest absolute Gasteiger partial charge is 0.439 e. The van der Waals surface area contributed by atoms with Gasteiger partial charge in [-0.1, -0.05) is 17.8 Å². The van der Waals surface area contributed by atoms with Crippen molar-refractivity contribution in [1.82, 2.24) is 19.9 Å². The van der Waals surface area contributed by atoms with Crippen molar-refractivity contribution in [2.24, 2.45) is 0 Å². The van der Waals surface area contributed by atoms with E-state index in [9.17, 15) is 13.2 Å². The molecule has 0 aliphatic rings. The molecular formula is C11H8F3N5OS2. The Labute approximate surface area is 130 Å². The summed E-state index contributed by atoms with van der Waals surface area (Å²) < 4.78 is 43.6.